The van der Waals surface area contributed by atoms with Crippen LogP contribution < -0.4 is 15.5 Å². The Morgan fingerprint density at radius 3 is 2.62 bits per heavy atom. The van der Waals surface area contributed by atoms with E-state index in [1.807, 2.05) is 55.5 Å². The van der Waals surface area contributed by atoms with Crippen LogP contribution in [-0.2, 0) is 4.79 Å². The zero-order chi connectivity index (χ0) is 22.4. The molecule has 3 aromatic rings. The van der Waals surface area contributed by atoms with E-state index in [0.29, 0.717) is 40.7 Å². The number of piperidine rings is 1. The van der Waals surface area contributed by atoms with Crippen molar-refractivity contribution in [2.75, 3.05) is 4.90 Å². The van der Waals surface area contributed by atoms with Crippen LogP contribution >= 0.6 is 0 Å². The third-order valence-corrected chi connectivity index (χ3v) is 6.25. The van der Waals surface area contributed by atoms with Crippen molar-refractivity contribution in [1.29, 1.82) is 0 Å². The molecule has 3 aromatic carbocycles. The standard InChI is InChI=1S/C26H23N3O3/c1-15-11-14-22(25(31)27-15)29-21-10-6-9-18-19(12-13-20(23(18)21)26(29)32)24(30)28-16(2)17-7-4-3-5-8-17/h3-10,12-13,16,22H,1,11,14H2,2H3,(H,27,31)(H,28,30). The lowest BCUT2D eigenvalue weighted by atomic mass is 9.99. The van der Waals surface area contributed by atoms with E-state index in [9.17, 15) is 14.4 Å². The van der Waals surface area contributed by atoms with Gasteiger partial charge in [-0.25, -0.2) is 0 Å². The summed E-state index contributed by atoms with van der Waals surface area (Å²) in [5, 5.41) is 7.23. The van der Waals surface area contributed by atoms with Crippen LogP contribution in [-0.4, -0.2) is 23.8 Å². The maximum atomic E-state index is 13.3. The molecule has 2 heterocycles. The van der Waals surface area contributed by atoms with Gasteiger partial charge in [-0.15, -0.1) is 0 Å². The maximum Gasteiger partial charge on any atom is 0.259 e. The fourth-order valence-corrected chi connectivity index (χ4v) is 4.62. The zero-order valence-corrected chi connectivity index (χ0v) is 17.7. The second kappa shape index (κ2) is 7.64. The molecule has 0 saturated carbocycles. The molecule has 32 heavy (non-hydrogen) atoms. The van der Waals surface area contributed by atoms with Crippen molar-refractivity contribution in [3.63, 3.8) is 0 Å². The molecular formula is C26H23N3O3. The van der Waals surface area contributed by atoms with Crippen molar-refractivity contribution in [2.45, 2.75) is 31.8 Å². The Balaban J connectivity index is 1.52. The van der Waals surface area contributed by atoms with E-state index in [0.717, 1.165) is 10.9 Å². The van der Waals surface area contributed by atoms with Crippen LogP contribution in [0.1, 0.15) is 52.1 Å². The highest BCUT2D eigenvalue weighted by atomic mass is 16.2. The van der Waals surface area contributed by atoms with Crippen molar-refractivity contribution in [3.05, 3.63) is 89.6 Å². The molecule has 2 aliphatic heterocycles. The summed E-state index contributed by atoms with van der Waals surface area (Å²) < 4.78 is 0. The topological polar surface area (TPSA) is 78.5 Å². The quantitative estimate of drug-likeness (QED) is 0.661. The number of hydrogen-bond acceptors (Lipinski definition) is 3. The van der Waals surface area contributed by atoms with Gasteiger partial charge in [0.25, 0.3) is 11.8 Å². The van der Waals surface area contributed by atoms with Crippen molar-refractivity contribution < 1.29 is 14.4 Å². The lowest BCUT2D eigenvalue weighted by Gasteiger charge is -2.31. The Kier molecular flexibility index (Phi) is 4.78. The molecule has 0 radical (unpaired) electrons. The van der Waals surface area contributed by atoms with Gasteiger partial charge in [-0.1, -0.05) is 49.0 Å². The molecule has 2 N–H and O–H groups in total. The molecule has 0 aliphatic carbocycles. The Morgan fingerprint density at radius 1 is 1.09 bits per heavy atom. The summed E-state index contributed by atoms with van der Waals surface area (Å²) in [7, 11) is 0. The largest absolute Gasteiger partial charge is 0.345 e. The first-order chi connectivity index (χ1) is 15.5. The molecule has 0 aromatic heterocycles. The highest BCUT2D eigenvalue weighted by Crippen LogP contribution is 2.41. The van der Waals surface area contributed by atoms with Crippen LogP contribution in [0.4, 0.5) is 5.69 Å². The van der Waals surface area contributed by atoms with Crippen LogP contribution in [0.5, 0.6) is 0 Å². The van der Waals surface area contributed by atoms with Gasteiger partial charge in [-0.05, 0) is 48.9 Å². The van der Waals surface area contributed by atoms with Crippen molar-refractivity contribution >= 4 is 34.2 Å². The van der Waals surface area contributed by atoms with E-state index >= 15 is 0 Å². The molecule has 5 rings (SSSR count). The van der Waals surface area contributed by atoms with Crippen molar-refractivity contribution in [1.82, 2.24) is 10.6 Å². The van der Waals surface area contributed by atoms with E-state index in [-0.39, 0.29) is 23.8 Å². The molecule has 6 nitrogen and oxygen atoms in total. The summed E-state index contributed by atoms with van der Waals surface area (Å²) in [5.74, 6) is -0.648. The van der Waals surface area contributed by atoms with Crippen LogP contribution in [0.25, 0.3) is 10.8 Å². The number of nitrogens with one attached hydrogen (secondary N) is 2. The molecule has 6 heteroatoms. The first-order valence-electron chi connectivity index (χ1n) is 10.7. The normalized spacial score (nSPS) is 18.6. The second-order valence-electron chi connectivity index (χ2n) is 8.29. The summed E-state index contributed by atoms with van der Waals surface area (Å²) in [6.45, 7) is 5.76. The molecule has 2 unspecified atom stereocenters. The number of hydrogen-bond donors (Lipinski definition) is 2. The summed E-state index contributed by atoms with van der Waals surface area (Å²) in [6, 6.07) is 17.9. The minimum Gasteiger partial charge on any atom is -0.345 e. The monoisotopic (exact) mass is 425 g/mol. The Morgan fingerprint density at radius 2 is 1.88 bits per heavy atom. The third-order valence-electron chi connectivity index (χ3n) is 6.25. The van der Waals surface area contributed by atoms with Gasteiger partial charge >= 0.3 is 0 Å². The Labute approximate surface area is 185 Å². The summed E-state index contributed by atoms with van der Waals surface area (Å²) in [5.41, 5.74) is 3.36. The van der Waals surface area contributed by atoms with Crippen LogP contribution in [0.2, 0.25) is 0 Å². The van der Waals surface area contributed by atoms with E-state index in [2.05, 4.69) is 17.2 Å². The lowest BCUT2D eigenvalue weighted by Crippen LogP contribution is -2.51. The highest BCUT2D eigenvalue weighted by Gasteiger charge is 2.40. The summed E-state index contributed by atoms with van der Waals surface area (Å²) in [4.78, 5) is 40.6. The van der Waals surface area contributed by atoms with E-state index in [1.54, 1.807) is 17.0 Å². The average Bonchev–Trinajstić information content (AvgIpc) is 3.08. The van der Waals surface area contributed by atoms with E-state index in [1.165, 1.54) is 0 Å². The van der Waals surface area contributed by atoms with Crippen molar-refractivity contribution in [3.8, 4) is 0 Å². The van der Waals surface area contributed by atoms with Gasteiger partial charge in [0.15, 0.2) is 0 Å². The average molecular weight is 425 g/mol. The number of anilines is 1. The van der Waals surface area contributed by atoms with Gasteiger partial charge in [0.2, 0.25) is 5.91 Å². The Hall–Kier alpha value is -3.93. The number of amides is 3. The minimum absolute atomic E-state index is 0.163. The zero-order valence-electron chi connectivity index (χ0n) is 17.7. The summed E-state index contributed by atoms with van der Waals surface area (Å²) >= 11 is 0. The number of rotatable bonds is 4. The third kappa shape index (κ3) is 3.15. The second-order valence-corrected chi connectivity index (χ2v) is 8.29. The highest BCUT2D eigenvalue weighted by molar-refractivity contribution is 6.28. The van der Waals surface area contributed by atoms with E-state index < -0.39 is 6.04 Å². The van der Waals surface area contributed by atoms with Crippen LogP contribution in [0.15, 0.2) is 72.9 Å². The predicted octanol–water partition coefficient (Wildman–Crippen LogP) is 4.08. The van der Waals surface area contributed by atoms with Gasteiger partial charge in [0.1, 0.15) is 6.04 Å². The fraction of sp³-hybridized carbons (Fsp3) is 0.192. The lowest BCUT2D eigenvalue weighted by molar-refractivity contribution is -0.122. The fourth-order valence-electron chi connectivity index (χ4n) is 4.62. The maximum absolute atomic E-state index is 13.3. The molecule has 3 amide bonds. The van der Waals surface area contributed by atoms with Gasteiger partial charge in [0, 0.05) is 22.2 Å². The van der Waals surface area contributed by atoms with Gasteiger partial charge < -0.3 is 10.6 Å². The minimum atomic E-state index is -0.596. The molecule has 0 bridgehead atoms. The number of nitrogens with zero attached hydrogens (tertiary/aromatic N) is 1. The van der Waals surface area contributed by atoms with E-state index in [4.69, 9.17) is 0 Å². The number of carbonyl (C=O) groups excluding carboxylic acids is 3. The smallest absolute Gasteiger partial charge is 0.259 e. The molecule has 0 spiro atoms. The number of benzene rings is 3. The van der Waals surface area contributed by atoms with Crippen LogP contribution in [0.3, 0.4) is 0 Å². The number of allylic oxidation sites excluding steroid dienone is 1. The molecule has 160 valence electrons. The number of carbonyl (C=O) groups is 3. The van der Waals surface area contributed by atoms with Gasteiger partial charge in [-0.2, -0.15) is 0 Å². The molecule has 1 fully saturated rings. The molecular weight excluding hydrogens is 402 g/mol. The molecule has 2 aliphatic rings. The molecule has 2 atom stereocenters. The Bertz CT molecular complexity index is 1280. The SMILES string of the molecule is C=C1CCC(N2C(=O)c3ccc(C(=O)NC(C)c4ccccc4)c4cccc2c34)C(=O)N1. The van der Waals surface area contributed by atoms with Crippen molar-refractivity contribution in [2.24, 2.45) is 0 Å². The first-order valence-corrected chi connectivity index (χ1v) is 10.7. The molecule has 1 saturated heterocycles. The predicted molar refractivity (Wildman–Crippen MR) is 123 cm³/mol. The first kappa shape index (κ1) is 20.0. The summed E-state index contributed by atoms with van der Waals surface area (Å²) in [6.07, 6.45) is 1.14. The van der Waals surface area contributed by atoms with Gasteiger partial charge in [-0.3, -0.25) is 19.3 Å². The van der Waals surface area contributed by atoms with Crippen LogP contribution in [0, 0.1) is 0 Å². The van der Waals surface area contributed by atoms with Gasteiger partial charge in [0.05, 0.1) is 11.7 Å².